The lowest BCUT2D eigenvalue weighted by atomic mass is 9.85. The number of anilines is 1. The van der Waals surface area contributed by atoms with E-state index in [0.29, 0.717) is 0 Å². The lowest BCUT2D eigenvalue weighted by Gasteiger charge is -2.29. The van der Waals surface area contributed by atoms with Gasteiger partial charge in [0.1, 0.15) is 0 Å². The second-order valence-electron chi connectivity index (χ2n) is 6.31. The third-order valence-corrected chi connectivity index (χ3v) is 4.85. The number of benzene rings is 1. The third-order valence-electron chi connectivity index (χ3n) is 4.85. The summed E-state index contributed by atoms with van der Waals surface area (Å²) in [5.74, 6) is 0.982. The van der Waals surface area contributed by atoms with E-state index in [2.05, 4.69) is 29.2 Å². The summed E-state index contributed by atoms with van der Waals surface area (Å²) in [6.45, 7) is 3.80. The van der Waals surface area contributed by atoms with Crippen LogP contribution in [0, 0.1) is 5.92 Å². The Balaban J connectivity index is 1.56. The van der Waals surface area contributed by atoms with Gasteiger partial charge < -0.3 is 9.64 Å². The molecule has 2 fully saturated rings. The van der Waals surface area contributed by atoms with Crippen LogP contribution >= 0.6 is 0 Å². The van der Waals surface area contributed by atoms with Gasteiger partial charge in [0, 0.05) is 18.8 Å². The molecule has 1 saturated carbocycles. The van der Waals surface area contributed by atoms with Gasteiger partial charge in [0.05, 0.1) is 13.2 Å². The van der Waals surface area contributed by atoms with E-state index in [4.69, 9.17) is 4.74 Å². The van der Waals surface area contributed by atoms with E-state index < -0.39 is 0 Å². The molecule has 3 rings (SSSR count). The Labute approximate surface area is 123 Å². The number of aryl methyl sites for hydroxylation is 1. The quantitative estimate of drug-likeness (QED) is 0.821. The van der Waals surface area contributed by atoms with Crippen molar-refractivity contribution in [2.45, 2.75) is 44.9 Å². The van der Waals surface area contributed by atoms with Crippen molar-refractivity contribution in [3.8, 4) is 0 Å². The van der Waals surface area contributed by atoms with Gasteiger partial charge in [-0.1, -0.05) is 44.2 Å². The van der Waals surface area contributed by atoms with Gasteiger partial charge in [-0.2, -0.15) is 0 Å². The molecule has 2 nitrogen and oxygen atoms in total. The van der Waals surface area contributed by atoms with Crippen LogP contribution < -0.4 is 4.90 Å². The van der Waals surface area contributed by atoms with Crippen molar-refractivity contribution in [3.63, 3.8) is 0 Å². The Morgan fingerprint density at radius 3 is 2.65 bits per heavy atom. The molecule has 20 heavy (non-hydrogen) atoms. The molecule has 0 amide bonds. The van der Waals surface area contributed by atoms with Crippen LogP contribution in [0.2, 0.25) is 0 Å². The molecule has 1 aromatic rings. The van der Waals surface area contributed by atoms with Gasteiger partial charge in [0.2, 0.25) is 0 Å². The fourth-order valence-corrected chi connectivity index (χ4v) is 3.58. The molecule has 1 aliphatic carbocycles. The minimum atomic E-state index is 0.867. The third kappa shape index (κ3) is 3.76. The van der Waals surface area contributed by atoms with Gasteiger partial charge in [0.15, 0.2) is 0 Å². The Kier molecular flexibility index (Phi) is 4.96. The van der Waals surface area contributed by atoms with Crippen LogP contribution in [0.3, 0.4) is 0 Å². The smallest absolute Gasteiger partial charge is 0.0642 e. The number of ether oxygens (including phenoxy) is 1. The largest absolute Gasteiger partial charge is 0.378 e. The van der Waals surface area contributed by atoms with E-state index in [1.807, 2.05) is 0 Å². The molecule has 0 atom stereocenters. The molecule has 0 unspecified atom stereocenters. The molecule has 0 aromatic heterocycles. The molecule has 2 aliphatic rings. The summed E-state index contributed by atoms with van der Waals surface area (Å²) < 4.78 is 5.44. The molecule has 1 saturated heterocycles. The van der Waals surface area contributed by atoms with Crippen LogP contribution in [0.1, 0.15) is 44.1 Å². The zero-order valence-electron chi connectivity index (χ0n) is 12.5. The van der Waals surface area contributed by atoms with Crippen molar-refractivity contribution in [3.05, 3.63) is 29.8 Å². The summed E-state index contributed by atoms with van der Waals surface area (Å²) in [4.78, 5) is 2.45. The Morgan fingerprint density at radius 1 is 1.05 bits per heavy atom. The topological polar surface area (TPSA) is 12.5 Å². The normalized spacial score (nSPS) is 21.1. The molecule has 1 heterocycles. The number of morpholine rings is 1. The lowest BCUT2D eigenvalue weighted by Crippen LogP contribution is -2.36. The Hall–Kier alpha value is -1.02. The number of hydrogen-bond acceptors (Lipinski definition) is 2. The Morgan fingerprint density at radius 2 is 1.85 bits per heavy atom. The van der Waals surface area contributed by atoms with Crippen LogP contribution in [0.25, 0.3) is 0 Å². The maximum absolute atomic E-state index is 5.44. The van der Waals surface area contributed by atoms with Gasteiger partial charge in [-0.25, -0.2) is 0 Å². The standard InChI is InChI=1S/C18H27NO/c1-2-5-16(6-3-1)9-10-17-7-4-8-18(15-17)19-11-13-20-14-12-19/h4,7-8,15-16H,1-3,5-6,9-14H2. The zero-order valence-corrected chi connectivity index (χ0v) is 12.5. The molecular weight excluding hydrogens is 246 g/mol. The predicted octanol–water partition coefficient (Wildman–Crippen LogP) is 4.04. The van der Waals surface area contributed by atoms with E-state index in [1.165, 1.54) is 56.2 Å². The average molecular weight is 273 g/mol. The van der Waals surface area contributed by atoms with Crippen molar-refractivity contribution < 1.29 is 4.74 Å². The maximum atomic E-state index is 5.44. The highest BCUT2D eigenvalue weighted by Crippen LogP contribution is 2.28. The molecule has 1 aromatic carbocycles. The van der Waals surface area contributed by atoms with Gasteiger partial charge in [-0.15, -0.1) is 0 Å². The first kappa shape index (κ1) is 13.9. The highest BCUT2D eigenvalue weighted by atomic mass is 16.5. The van der Waals surface area contributed by atoms with Crippen LogP contribution in [0.4, 0.5) is 5.69 Å². The summed E-state index contributed by atoms with van der Waals surface area (Å²) >= 11 is 0. The van der Waals surface area contributed by atoms with Crippen LogP contribution in [-0.2, 0) is 11.2 Å². The molecule has 110 valence electrons. The second kappa shape index (κ2) is 7.12. The van der Waals surface area contributed by atoms with Crippen LogP contribution in [0.5, 0.6) is 0 Å². The Bertz CT molecular complexity index is 406. The van der Waals surface area contributed by atoms with E-state index in [9.17, 15) is 0 Å². The maximum Gasteiger partial charge on any atom is 0.0642 e. The molecule has 1 aliphatic heterocycles. The molecule has 0 radical (unpaired) electrons. The highest BCUT2D eigenvalue weighted by Gasteiger charge is 2.14. The number of rotatable bonds is 4. The van der Waals surface area contributed by atoms with Crippen molar-refractivity contribution in [2.24, 2.45) is 5.92 Å². The van der Waals surface area contributed by atoms with Crippen molar-refractivity contribution in [2.75, 3.05) is 31.2 Å². The first-order chi connectivity index (χ1) is 9.92. The number of nitrogens with zero attached hydrogens (tertiary/aromatic N) is 1. The van der Waals surface area contributed by atoms with Crippen molar-refractivity contribution >= 4 is 5.69 Å². The average Bonchev–Trinajstić information content (AvgIpc) is 2.55. The van der Waals surface area contributed by atoms with Gasteiger partial charge >= 0.3 is 0 Å². The minimum Gasteiger partial charge on any atom is -0.378 e. The lowest BCUT2D eigenvalue weighted by molar-refractivity contribution is 0.122. The molecular formula is C18H27NO. The summed E-state index contributed by atoms with van der Waals surface area (Å²) in [5.41, 5.74) is 2.90. The van der Waals surface area contributed by atoms with Crippen molar-refractivity contribution in [1.29, 1.82) is 0 Å². The van der Waals surface area contributed by atoms with Gasteiger partial charge in [-0.3, -0.25) is 0 Å². The molecule has 0 N–H and O–H groups in total. The predicted molar refractivity (Wildman–Crippen MR) is 84.4 cm³/mol. The van der Waals surface area contributed by atoms with E-state index in [1.54, 1.807) is 0 Å². The summed E-state index contributed by atoms with van der Waals surface area (Å²) in [6, 6.07) is 9.16. The zero-order chi connectivity index (χ0) is 13.6. The van der Waals surface area contributed by atoms with E-state index in [-0.39, 0.29) is 0 Å². The fourth-order valence-electron chi connectivity index (χ4n) is 3.58. The van der Waals surface area contributed by atoms with Gasteiger partial charge in [-0.05, 0) is 36.5 Å². The van der Waals surface area contributed by atoms with E-state index >= 15 is 0 Å². The molecule has 0 bridgehead atoms. The van der Waals surface area contributed by atoms with E-state index in [0.717, 1.165) is 32.2 Å². The van der Waals surface area contributed by atoms with Crippen molar-refractivity contribution in [1.82, 2.24) is 0 Å². The SMILES string of the molecule is c1cc(CCC2CCCCC2)cc(N2CCOCC2)c1. The molecule has 0 spiro atoms. The van der Waals surface area contributed by atoms with Crippen LogP contribution in [0.15, 0.2) is 24.3 Å². The first-order valence-corrected chi connectivity index (χ1v) is 8.33. The second-order valence-corrected chi connectivity index (χ2v) is 6.31. The monoisotopic (exact) mass is 273 g/mol. The summed E-state index contributed by atoms with van der Waals surface area (Å²) in [5, 5.41) is 0. The number of hydrogen-bond donors (Lipinski definition) is 0. The highest BCUT2D eigenvalue weighted by molar-refractivity contribution is 5.48. The minimum absolute atomic E-state index is 0.867. The first-order valence-electron chi connectivity index (χ1n) is 8.33. The summed E-state index contributed by atoms with van der Waals surface area (Å²) in [7, 11) is 0. The van der Waals surface area contributed by atoms with Crippen LogP contribution in [-0.4, -0.2) is 26.3 Å². The summed E-state index contributed by atoms with van der Waals surface area (Å²) in [6.07, 6.45) is 9.93. The molecule has 2 heteroatoms. The fraction of sp³-hybridized carbons (Fsp3) is 0.667. The van der Waals surface area contributed by atoms with Gasteiger partial charge in [0.25, 0.3) is 0 Å².